The van der Waals surface area contributed by atoms with Gasteiger partial charge in [-0.1, -0.05) is 6.07 Å². The van der Waals surface area contributed by atoms with Crippen LogP contribution in [0.25, 0.3) is 0 Å². The number of Topliss-reactive ketones (excluding diaryl/α,β-unsaturated/α-hetero) is 1. The van der Waals surface area contributed by atoms with Crippen LogP contribution in [0.4, 0.5) is 14.6 Å². The number of ketones is 1. The molecule has 0 saturated carbocycles. The topological polar surface area (TPSA) is 82.5 Å². The predicted molar refractivity (Wildman–Crippen MR) is 94.8 cm³/mol. The van der Waals surface area contributed by atoms with Crippen molar-refractivity contribution in [1.29, 1.82) is 0 Å². The van der Waals surface area contributed by atoms with Crippen molar-refractivity contribution >= 4 is 17.5 Å². The molecule has 1 aliphatic heterocycles. The zero-order valence-corrected chi connectivity index (χ0v) is 14.7. The number of carbonyl (C=O) groups excluding carboxylic acids is 2. The Labute approximate surface area is 154 Å². The van der Waals surface area contributed by atoms with E-state index in [9.17, 15) is 18.4 Å². The molecular formula is C19H19F2N3O3. The van der Waals surface area contributed by atoms with Crippen LogP contribution in [-0.2, 0) is 0 Å². The highest BCUT2D eigenvalue weighted by atomic mass is 19.1. The molecule has 3 rings (SSSR count). The number of carbonyl (C=O) groups is 2. The molecule has 8 heteroatoms. The summed E-state index contributed by atoms with van der Waals surface area (Å²) in [6.07, 6.45) is 1.47. The summed E-state index contributed by atoms with van der Waals surface area (Å²) >= 11 is 0. The van der Waals surface area contributed by atoms with Gasteiger partial charge in [0.2, 0.25) is 0 Å². The van der Waals surface area contributed by atoms with Crippen LogP contribution in [0.1, 0.15) is 33.7 Å². The highest BCUT2D eigenvalue weighted by molar-refractivity contribution is 6.04. The SMILES string of the molecule is CN1CCC(C(=O)c2cccc(NC(=O)c3c(F)cc(O)cc3F)n2)CC1. The van der Waals surface area contributed by atoms with Crippen LogP contribution in [0, 0.1) is 17.6 Å². The van der Waals surface area contributed by atoms with Gasteiger partial charge in [-0.05, 0) is 45.1 Å². The van der Waals surface area contributed by atoms with Gasteiger partial charge in [-0.15, -0.1) is 0 Å². The standard InChI is InChI=1S/C19H19F2N3O3/c1-24-7-5-11(6-8-24)18(26)15-3-2-4-16(22-15)23-19(27)17-13(20)9-12(25)10-14(17)21/h2-4,9-11,25H,5-8H2,1H3,(H,22,23,27). The molecule has 1 saturated heterocycles. The average molecular weight is 375 g/mol. The third kappa shape index (κ3) is 4.28. The molecule has 1 aromatic carbocycles. The number of amides is 1. The van der Waals surface area contributed by atoms with Crippen LogP contribution in [0.3, 0.4) is 0 Å². The molecule has 0 radical (unpaired) electrons. The summed E-state index contributed by atoms with van der Waals surface area (Å²) in [6.45, 7) is 1.65. The first kappa shape index (κ1) is 18.9. The third-order valence-electron chi connectivity index (χ3n) is 4.59. The molecular weight excluding hydrogens is 356 g/mol. The van der Waals surface area contributed by atoms with Crippen molar-refractivity contribution in [3.8, 4) is 5.75 Å². The van der Waals surface area contributed by atoms with E-state index in [2.05, 4.69) is 15.2 Å². The normalized spacial score (nSPS) is 15.5. The van der Waals surface area contributed by atoms with E-state index in [4.69, 9.17) is 5.11 Å². The lowest BCUT2D eigenvalue weighted by Gasteiger charge is -2.27. The van der Waals surface area contributed by atoms with Gasteiger partial charge < -0.3 is 15.3 Å². The van der Waals surface area contributed by atoms with Crippen molar-refractivity contribution in [2.45, 2.75) is 12.8 Å². The highest BCUT2D eigenvalue weighted by Gasteiger charge is 2.26. The fourth-order valence-corrected chi connectivity index (χ4v) is 3.08. The molecule has 2 aromatic rings. The lowest BCUT2D eigenvalue weighted by Crippen LogP contribution is -2.33. The molecule has 1 aromatic heterocycles. The van der Waals surface area contributed by atoms with Gasteiger partial charge in [0.05, 0.1) is 0 Å². The van der Waals surface area contributed by atoms with Gasteiger partial charge in [0.25, 0.3) is 5.91 Å². The minimum atomic E-state index is -1.19. The third-order valence-corrected chi connectivity index (χ3v) is 4.59. The molecule has 2 heterocycles. The van der Waals surface area contributed by atoms with E-state index in [0.717, 1.165) is 25.9 Å². The zero-order chi connectivity index (χ0) is 19.6. The number of pyridine rings is 1. The Morgan fingerprint density at radius 1 is 1.19 bits per heavy atom. The number of benzene rings is 1. The summed E-state index contributed by atoms with van der Waals surface area (Å²) in [5, 5.41) is 11.5. The molecule has 0 unspecified atom stereocenters. The Morgan fingerprint density at radius 2 is 1.81 bits per heavy atom. The number of nitrogens with zero attached hydrogens (tertiary/aromatic N) is 2. The molecule has 142 valence electrons. The number of phenolic OH excluding ortho intramolecular Hbond substituents is 1. The van der Waals surface area contributed by atoms with Crippen LogP contribution in [0.5, 0.6) is 5.75 Å². The van der Waals surface area contributed by atoms with Crippen LogP contribution < -0.4 is 5.32 Å². The highest BCUT2D eigenvalue weighted by Crippen LogP contribution is 2.22. The smallest absolute Gasteiger partial charge is 0.262 e. The summed E-state index contributed by atoms with van der Waals surface area (Å²) in [7, 11) is 2.00. The van der Waals surface area contributed by atoms with Gasteiger partial charge in [0.1, 0.15) is 34.5 Å². The van der Waals surface area contributed by atoms with Crippen molar-refractivity contribution < 1.29 is 23.5 Å². The second kappa shape index (κ2) is 7.79. The summed E-state index contributed by atoms with van der Waals surface area (Å²) in [6, 6.07) is 5.82. The molecule has 27 heavy (non-hydrogen) atoms. The number of piperidine rings is 1. The Bertz CT molecular complexity index is 857. The Balaban J connectivity index is 1.76. The second-order valence-corrected chi connectivity index (χ2v) is 6.59. The molecule has 2 N–H and O–H groups in total. The number of anilines is 1. The van der Waals surface area contributed by atoms with Gasteiger partial charge in [0.15, 0.2) is 5.78 Å². The van der Waals surface area contributed by atoms with E-state index in [1.165, 1.54) is 6.07 Å². The second-order valence-electron chi connectivity index (χ2n) is 6.59. The van der Waals surface area contributed by atoms with Gasteiger partial charge in [-0.25, -0.2) is 13.8 Å². The number of hydrogen-bond acceptors (Lipinski definition) is 5. The number of aromatic nitrogens is 1. The maximum Gasteiger partial charge on any atom is 0.262 e. The molecule has 1 amide bonds. The summed E-state index contributed by atoms with van der Waals surface area (Å²) in [4.78, 5) is 31.1. The van der Waals surface area contributed by atoms with E-state index in [1.807, 2.05) is 7.05 Å². The van der Waals surface area contributed by atoms with E-state index in [1.54, 1.807) is 12.1 Å². The number of nitrogens with one attached hydrogen (secondary N) is 1. The summed E-state index contributed by atoms with van der Waals surface area (Å²) < 4.78 is 27.6. The van der Waals surface area contributed by atoms with Crippen LogP contribution in [0.2, 0.25) is 0 Å². The maximum atomic E-state index is 13.8. The number of rotatable bonds is 4. The largest absolute Gasteiger partial charge is 0.508 e. The van der Waals surface area contributed by atoms with Crippen molar-refractivity contribution in [2.24, 2.45) is 5.92 Å². The maximum absolute atomic E-state index is 13.8. The van der Waals surface area contributed by atoms with E-state index in [-0.39, 0.29) is 23.2 Å². The number of hydrogen-bond donors (Lipinski definition) is 2. The molecule has 0 bridgehead atoms. The number of phenols is 1. The van der Waals surface area contributed by atoms with Crippen LogP contribution in [-0.4, -0.2) is 46.8 Å². The molecule has 6 nitrogen and oxygen atoms in total. The molecule has 0 spiro atoms. The minimum Gasteiger partial charge on any atom is -0.508 e. The zero-order valence-electron chi connectivity index (χ0n) is 14.7. The fourth-order valence-electron chi connectivity index (χ4n) is 3.08. The summed E-state index contributed by atoms with van der Waals surface area (Å²) in [5.41, 5.74) is -0.629. The van der Waals surface area contributed by atoms with Crippen LogP contribution in [0.15, 0.2) is 30.3 Å². The van der Waals surface area contributed by atoms with Gasteiger partial charge in [-0.2, -0.15) is 0 Å². The molecule has 0 aliphatic carbocycles. The van der Waals surface area contributed by atoms with Crippen molar-refractivity contribution in [3.63, 3.8) is 0 Å². The Kier molecular flexibility index (Phi) is 5.46. The van der Waals surface area contributed by atoms with Crippen LogP contribution >= 0.6 is 0 Å². The number of halogens is 2. The number of likely N-dealkylation sites (tertiary alicyclic amines) is 1. The van der Waals surface area contributed by atoms with Gasteiger partial charge in [0, 0.05) is 18.1 Å². The Hall–Kier alpha value is -2.87. The monoisotopic (exact) mass is 375 g/mol. The summed E-state index contributed by atoms with van der Waals surface area (Å²) in [5.74, 6) is -4.28. The van der Waals surface area contributed by atoms with Crippen molar-refractivity contribution in [3.05, 3.63) is 53.2 Å². The number of aromatic hydroxyl groups is 1. The van der Waals surface area contributed by atoms with E-state index in [0.29, 0.717) is 12.1 Å². The minimum absolute atomic E-state index is 0.0191. The molecule has 1 aliphatic rings. The first-order chi connectivity index (χ1) is 12.8. The lowest BCUT2D eigenvalue weighted by atomic mass is 9.91. The van der Waals surface area contributed by atoms with Gasteiger partial charge >= 0.3 is 0 Å². The average Bonchev–Trinajstić information content (AvgIpc) is 2.61. The quantitative estimate of drug-likeness (QED) is 0.803. The van der Waals surface area contributed by atoms with Crippen molar-refractivity contribution in [1.82, 2.24) is 9.88 Å². The predicted octanol–water partition coefficient (Wildman–Crippen LogP) is 2.84. The van der Waals surface area contributed by atoms with Gasteiger partial charge in [-0.3, -0.25) is 9.59 Å². The first-order valence-electron chi connectivity index (χ1n) is 8.54. The first-order valence-corrected chi connectivity index (χ1v) is 8.54. The van der Waals surface area contributed by atoms with E-state index >= 15 is 0 Å². The van der Waals surface area contributed by atoms with E-state index < -0.39 is 28.9 Å². The van der Waals surface area contributed by atoms with Crippen molar-refractivity contribution in [2.75, 3.05) is 25.5 Å². The fraction of sp³-hybridized carbons (Fsp3) is 0.316. The molecule has 0 atom stereocenters. The molecule has 1 fully saturated rings. The Morgan fingerprint density at radius 3 is 2.44 bits per heavy atom. The lowest BCUT2D eigenvalue weighted by molar-refractivity contribution is 0.0851.